The van der Waals surface area contributed by atoms with Crippen molar-refractivity contribution in [3.63, 3.8) is 0 Å². The molecule has 0 spiro atoms. The summed E-state index contributed by atoms with van der Waals surface area (Å²) in [6.45, 7) is 2.23. The molecule has 1 aliphatic heterocycles. The molecule has 1 aliphatic rings. The zero-order chi connectivity index (χ0) is 14.2. The lowest BCUT2D eigenvalue weighted by Gasteiger charge is -2.24. The van der Waals surface area contributed by atoms with Crippen LogP contribution in [0, 0.1) is 0 Å². The van der Waals surface area contributed by atoms with Gasteiger partial charge in [-0.2, -0.15) is 0 Å². The number of aromatic amines is 1. The first-order valence-corrected chi connectivity index (χ1v) is 7.60. The predicted octanol–water partition coefficient (Wildman–Crippen LogP) is 3.90. The quantitative estimate of drug-likeness (QED) is 0.746. The van der Waals surface area contributed by atoms with Gasteiger partial charge in [-0.05, 0) is 37.5 Å². The first-order chi connectivity index (χ1) is 10.3. The van der Waals surface area contributed by atoms with Crippen molar-refractivity contribution < 1.29 is 0 Å². The number of aromatic nitrogens is 2. The number of anilines is 1. The zero-order valence-corrected chi connectivity index (χ0v) is 12.2. The lowest BCUT2D eigenvalue weighted by molar-refractivity contribution is 0.683. The monoisotopic (exact) mass is 277 g/mol. The summed E-state index contributed by atoms with van der Waals surface area (Å²) in [5.74, 6) is 1.04. The summed E-state index contributed by atoms with van der Waals surface area (Å²) in [5, 5.41) is 3.56. The van der Waals surface area contributed by atoms with Crippen LogP contribution in [0.4, 0.5) is 5.69 Å². The second-order valence-electron chi connectivity index (χ2n) is 5.92. The van der Waals surface area contributed by atoms with Gasteiger partial charge in [-0.25, -0.2) is 4.98 Å². The maximum Gasteiger partial charge on any atom is 0.111 e. The van der Waals surface area contributed by atoms with E-state index in [1.165, 1.54) is 23.2 Å². The largest absolute Gasteiger partial charge is 0.382 e. The molecule has 0 bridgehead atoms. The van der Waals surface area contributed by atoms with Crippen LogP contribution in [0.5, 0.6) is 0 Å². The molecular formula is C18H19N3. The highest BCUT2D eigenvalue weighted by molar-refractivity contribution is 5.85. The molecule has 3 nitrogen and oxygen atoms in total. The summed E-state index contributed by atoms with van der Waals surface area (Å²) in [6.07, 6.45) is 3.14. The van der Waals surface area contributed by atoms with Crippen molar-refractivity contribution in [2.75, 3.05) is 5.32 Å². The third kappa shape index (κ3) is 2.29. The van der Waals surface area contributed by atoms with Crippen molar-refractivity contribution in [1.82, 2.24) is 9.97 Å². The number of fused-ring (bicyclic) bond motifs is 3. The van der Waals surface area contributed by atoms with E-state index in [2.05, 4.69) is 53.6 Å². The standard InChI is InChI=1S/C18H19N3/c1-12-7-8-14-15(19-12)9-10-16-18(14)21-17(20-16)11-13-5-3-2-4-6-13/h2-6,9-10,12,19H,7-8,11H2,1H3,(H,20,21)/t12-/m0/s1. The minimum atomic E-state index is 0.553. The molecule has 0 saturated heterocycles. The van der Waals surface area contributed by atoms with Crippen molar-refractivity contribution in [1.29, 1.82) is 0 Å². The van der Waals surface area contributed by atoms with Crippen LogP contribution in [0.1, 0.15) is 30.3 Å². The second kappa shape index (κ2) is 4.92. The van der Waals surface area contributed by atoms with E-state index in [4.69, 9.17) is 4.98 Å². The van der Waals surface area contributed by atoms with Crippen LogP contribution >= 0.6 is 0 Å². The van der Waals surface area contributed by atoms with Gasteiger partial charge < -0.3 is 10.3 Å². The van der Waals surface area contributed by atoms with Gasteiger partial charge in [0.2, 0.25) is 0 Å². The Bertz CT molecular complexity index is 774. The molecule has 0 saturated carbocycles. The van der Waals surface area contributed by atoms with E-state index in [0.717, 1.165) is 29.7 Å². The molecule has 1 aromatic heterocycles. The maximum absolute atomic E-state index is 4.85. The fraction of sp³-hybridized carbons (Fsp3) is 0.278. The van der Waals surface area contributed by atoms with Crippen molar-refractivity contribution >= 4 is 16.7 Å². The lowest BCUT2D eigenvalue weighted by atomic mass is 9.98. The van der Waals surface area contributed by atoms with E-state index in [0.29, 0.717) is 6.04 Å². The van der Waals surface area contributed by atoms with Crippen LogP contribution in [0.3, 0.4) is 0 Å². The fourth-order valence-electron chi connectivity index (χ4n) is 3.14. The van der Waals surface area contributed by atoms with E-state index >= 15 is 0 Å². The molecule has 106 valence electrons. The van der Waals surface area contributed by atoms with E-state index in [9.17, 15) is 0 Å². The van der Waals surface area contributed by atoms with Crippen molar-refractivity contribution in [3.05, 3.63) is 59.4 Å². The number of H-pyrrole nitrogens is 1. The summed E-state index contributed by atoms with van der Waals surface area (Å²) in [6, 6.07) is 15.4. The smallest absolute Gasteiger partial charge is 0.111 e. The summed E-state index contributed by atoms with van der Waals surface area (Å²) in [7, 11) is 0. The van der Waals surface area contributed by atoms with Crippen LogP contribution in [-0.2, 0) is 12.8 Å². The molecule has 0 fully saturated rings. The van der Waals surface area contributed by atoms with Gasteiger partial charge in [-0.15, -0.1) is 0 Å². The van der Waals surface area contributed by atoms with Gasteiger partial charge in [0.05, 0.1) is 11.0 Å². The van der Waals surface area contributed by atoms with Crippen LogP contribution < -0.4 is 5.32 Å². The summed E-state index contributed by atoms with van der Waals surface area (Å²) in [4.78, 5) is 8.32. The molecule has 0 amide bonds. The SMILES string of the molecule is C[C@H]1CCc2c(ccc3[nH]c(Cc4ccccc4)nc23)N1. The third-order valence-electron chi connectivity index (χ3n) is 4.25. The molecule has 0 unspecified atom stereocenters. The van der Waals surface area contributed by atoms with Crippen molar-refractivity contribution in [2.24, 2.45) is 0 Å². The number of hydrogen-bond donors (Lipinski definition) is 2. The van der Waals surface area contributed by atoms with E-state index in [-0.39, 0.29) is 0 Å². The lowest BCUT2D eigenvalue weighted by Crippen LogP contribution is -2.21. The number of nitrogens with one attached hydrogen (secondary N) is 2. The first-order valence-electron chi connectivity index (χ1n) is 7.60. The van der Waals surface area contributed by atoms with Gasteiger partial charge in [0.15, 0.2) is 0 Å². The minimum absolute atomic E-state index is 0.553. The zero-order valence-electron chi connectivity index (χ0n) is 12.2. The normalized spacial score (nSPS) is 17.5. The highest BCUT2D eigenvalue weighted by atomic mass is 15.0. The molecule has 2 aromatic carbocycles. The molecule has 2 N–H and O–H groups in total. The Morgan fingerprint density at radius 3 is 2.86 bits per heavy atom. The number of aryl methyl sites for hydroxylation is 1. The number of rotatable bonds is 2. The number of hydrogen-bond acceptors (Lipinski definition) is 2. The number of nitrogens with zero attached hydrogens (tertiary/aromatic N) is 1. The molecule has 21 heavy (non-hydrogen) atoms. The van der Waals surface area contributed by atoms with Crippen LogP contribution in [0.25, 0.3) is 11.0 Å². The molecule has 3 heteroatoms. The van der Waals surface area contributed by atoms with E-state index in [1.54, 1.807) is 0 Å². The van der Waals surface area contributed by atoms with Gasteiger partial charge in [0.25, 0.3) is 0 Å². The molecule has 1 atom stereocenters. The van der Waals surface area contributed by atoms with E-state index < -0.39 is 0 Å². The Morgan fingerprint density at radius 2 is 2.00 bits per heavy atom. The maximum atomic E-state index is 4.85. The van der Waals surface area contributed by atoms with Crippen LogP contribution in [-0.4, -0.2) is 16.0 Å². The Hall–Kier alpha value is -2.29. The van der Waals surface area contributed by atoms with Gasteiger partial charge in [-0.1, -0.05) is 30.3 Å². The van der Waals surface area contributed by atoms with Gasteiger partial charge in [-0.3, -0.25) is 0 Å². The highest BCUT2D eigenvalue weighted by Crippen LogP contribution is 2.30. The van der Waals surface area contributed by atoms with Crippen molar-refractivity contribution in [3.8, 4) is 0 Å². The van der Waals surface area contributed by atoms with Crippen molar-refractivity contribution in [2.45, 2.75) is 32.2 Å². The number of imidazole rings is 1. The Kier molecular flexibility index (Phi) is 2.92. The molecule has 4 rings (SSSR count). The van der Waals surface area contributed by atoms with E-state index in [1.807, 2.05) is 6.07 Å². The Labute approximate surface area is 124 Å². The molecule has 2 heterocycles. The minimum Gasteiger partial charge on any atom is -0.382 e. The number of benzene rings is 2. The Balaban J connectivity index is 1.73. The topological polar surface area (TPSA) is 40.7 Å². The second-order valence-corrected chi connectivity index (χ2v) is 5.92. The van der Waals surface area contributed by atoms with Crippen LogP contribution in [0.15, 0.2) is 42.5 Å². The highest BCUT2D eigenvalue weighted by Gasteiger charge is 2.18. The van der Waals surface area contributed by atoms with Gasteiger partial charge in [0.1, 0.15) is 5.82 Å². The summed E-state index contributed by atoms with van der Waals surface area (Å²) in [5.41, 5.74) is 6.19. The van der Waals surface area contributed by atoms with Gasteiger partial charge >= 0.3 is 0 Å². The predicted molar refractivity (Wildman–Crippen MR) is 86.7 cm³/mol. The molecular weight excluding hydrogens is 258 g/mol. The average molecular weight is 277 g/mol. The Morgan fingerprint density at radius 1 is 1.14 bits per heavy atom. The summed E-state index contributed by atoms with van der Waals surface area (Å²) < 4.78 is 0. The fourth-order valence-corrected chi connectivity index (χ4v) is 3.14. The summed E-state index contributed by atoms with van der Waals surface area (Å²) >= 11 is 0. The average Bonchev–Trinajstić information content (AvgIpc) is 2.90. The molecule has 0 aliphatic carbocycles. The molecule has 0 radical (unpaired) electrons. The van der Waals surface area contributed by atoms with Gasteiger partial charge in [0, 0.05) is 23.7 Å². The molecule has 3 aromatic rings. The van der Waals surface area contributed by atoms with Crippen LogP contribution in [0.2, 0.25) is 0 Å². The third-order valence-corrected chi connectivity index (χ3v) is 4.25. The first kappa shape index (κ1) is 12.5.